The summed E-state index contributed by atoms with van der Waals surface area (Å²) < 4.78 is 24.5. The fourth-order valence-electron chi connectivity index (χ4n) is 3.42. The van der Waals surface area contributed by atoms with Crippen LogP contribution in [0.25, 0.3) is 6.08 Å². The molecule has 0 spiro atoms. The van der Waals surface area contributed by atoms with Gasteiger partial charge in [-0.3, -0.25) is 14.9 Å². The van der Waals surface area contributed by atoms with Gasteiger partial charge in [0.25, 0.3) is 11.8 Å². The molecule has 7 nitrogen and oxygen atoms in total. The fourth-order valence-corrected chi connectivity index (χ4v) is 3.42. The van der Waals surface area contributed by atoms with E-state index in [2.05, 4.69) is 5.32 Å². The average Bonchev–Trinajstić information content (AvgIpc) is 2.85. The molecule has 4 rings (SSSR count). The van der Waals surface area contributed by atoms with Crippen LogP contribution in [-0.2, 0) is 16.2 Å². The number of benzene rings is 3. The molecule has 1 fully saturated rings. The van der Waals surface area contributed by atoms with Crippen molar-refractivity contribution in [1.82, 2.24) is 5.32 Å². The highest BCUT2D eigenvalue weighted by Gasteiger charge is 2.36. The van der Waals surface area contributed by atoms with Crippen molar-refractivity contribution in [3.05, 3.63) is 95.3 Å². The Bertz CT molecular complexity index is 1270. The highest BCUT2D eigenvalue weighted by molar-refractivity contribution is 6.39. The van der Waals surface area contributed by atoms with Gasteiger partial charge < -0.3 is 9.47 Å². The van der Waals surface area contributed by atoms with E-state index in [0.29, 0.717) is 34.9 Å². The Labute approximate surface area is 201 Å². The number of carbonyl (C=O) groups excluding carboxylic acids is 3. The molecule has 0 aromatic heterocycles. The molecule has 1 aliphatic heterocycles. The second kappa shape index (κ2) is 10.6. The van der Waals surface area contributed by atoms with Crippen LogP contribution in [-0.4, -0.2) is 24.5 Å². The third-order valence-corrected chi connectivity index (χ3v) is 5.16. The number of amides is 4. The van der Waals surface area contributed by atoms with Crippen molar-refractivity contribution >= 4 is 29.6 Å². The van der Waals surface area contributed by atoms with E-state index in [4.69, 9.17) is 9.47 Å². The standard InChI is InChI=1S/C27H23FN2O5/c1-2-14-34-22-12-8-21(9-13-22)30-26(32)24(25(31)29-27(30)33)16-18-6-10-23(11-7-18)35-17-19-4-3-5-20(28)15-19/h3-13,15-16H,2,14,17H2,1H3,(H,29,31,33)/b24-16-. The number of nitrogens with zero attached hydrogens (tertiary/aromatic N) is 1. The number of rotatable bonds is 8. The van der Waals surface area contributed by atoms with Gasteiger partial charge in [-0.1, -0.05) is 31.2 Å². The summed E-state index contributed by atoms with van der Waals surface area (Å²) >= 11 is 0. The number of nitrogens with one attached hydrogen (secondary N) is 1. The number of carbonyl (C=O) groups is 3. The van der Waals surface area contributed by atoms with Gasteiger partial charge >= 0.3 is 6.03 Å². The summed E-state index contributed by atoms with van der Waals surface area (Å²) in [5, 5.41) is 2.20. The lowest BCUT2D eigenvalue weighted by Crippen LogP contribution is -2.54. The summed E-state index contributed by atoms with van der Waals surface area (Å²) in [6.45, 7) is 2.74. The minimum Gasteiger partial charge on any atom is -0.494 e. The molecule has 35 heavy (non-hydrogen) atoms. The zero-order valence-electron chi connectivity index (χ0n) is 19.0. The number of ether oxygens (including phenoxy) is 2. The maximum Gasteiger partial charge on any atom is 0.335 e. The van der Waals surface area contributed by atoms with Gasteiger partial charge in [0, 0.05) is 0 Å². The second-order valence-electron chi connectivity index (χ2n) is 7.79. The molecule has 0 bridgehead atoms. The van der Waals surface area contributed by atoms with Crippen molar-refractivity contribution in [1.29, 1.82) is 0 Å². The minimum absolute atomic E-state index is 0.177. The number of anilines is 1. The van der Waals surface area contributed by atoms with Gasteiger partial charge in [0.2, 0.25) is 0 Å². The summed E-state index contributed by atoms with van der Waals surface area (Å²) in [5.74, 6) is -0.681. The Morgan fingerprint density at radius 3 is 2.29 bits per heavy atom. The molecule has 0 unspecified atom stereocenters. The maximum atomic E-state index is 13.3. The zero-order chi connectivity index (χ0) is 24.8. The molecule has 3 aromatic rings. The van der Waals surface area contributed by atoms with Crippen molar-refractivity contribution in [2.45, 2.75) is 20.0 Å². The minimum atomic E-state index is -0.819. The SMILES string of the molecule is CCCOc1ccc(N2C(=O)NC(=O)/C(=C/c3ccc(OCc4cccc(F)c4)cc3)C2=O)cc1. The molecule has 1 saturated heterocycles. The summed E-state index contributed by atoms with van der Waals surface area (Å²) in [5.41, 5.74) is 1.40. The normalized spacial score (nSPS) is 14.7. The molecule has 0 saturated carbocycles. The van der Waals surface area contributed by atoms with E-state index in [9.17, 15) is 18.8 Å². The van der Waals surface area contributed by atoms with Crippen LogP contribution in [0.5, 0.6) is 11.5 Å². The third kappa shape index (κ3) is 5.73. The van der Waals surface area contributed by atoms with Crippen molar-refractivity contribution in [2.75, 3.05) is 11.5 Å². The summed E-state index contributed by atoms with van der Waals surface area (Å²) in [6, 6.07) is 18.5. The maximum absolute atomic E-state index is 13.3. The quantitative estimate of drug-likeness (QED) is 0.372. The Balaban J connectivity index is 1.48. The molecule has 1 heterocycles. The van der Waals surface area contributed by atoms with E-state index in [-0.39, 0.29) is 18.0 Å². The number of imide groups is 2. The van der Waals surface area contributed by atoms with Gasteiger partial charge in [-0.25, -0.2) is 14.1 Å². The smallest absolute Gasteiger partial charge is 0.335 e. The Morgan fingerprint density at radius 2 is 1.60 bits per heavy atom. The lowest BCUT2D eigenvalue weighted by atomic mass is 10.1. The highest BCUT2D eigenvalue weighted by atomic mass is 19.1. The number of barbiturate groups is 1. The Morgan fingerprint density at radius 1 is 0.914 bits per heavy atom. The molecule has 0 atom stereocenters. The second-order valence-corrected chi connectivity index (χ2v) is 7.79. The van der Waals surface area contributed by atoms with E-state index in [1.165, 1.54) is 18.2 Å². The van der Waals surface area contributed by atoms with Crippen molar-refractivity contribution in [3.63, 3.8) is 0 Å². The van der Waals surface area contributed by atoms with Crippen LogP contribution in [0, 0.1) is 5.82 Å². The number of halogens is 1. The molecule has 0 radical (unpaired) electrons. The van der Waals surface area contributed by atoms with Crippen LogP contribution in [0.3, 0.4) is 0 Å². The molecule has 8 heteroatoms. The lowest BCUT2D eigenvalue weighted by Gasteiger charge is -2.26. The number of hydrogen-bond donors (Lipinski definition) is 1. The average molecular weight is 474 g/mol. The van der Waals surface area contributed by atoms with Crippen LogP contribution in [0.4, 0.5) is 14.9 Å². The Kier molecular flexibility index (Phi) is 7.21. The summed E-state index contributed by atoms with van der Waals surface area (Å²) in [7, 11) is 0. The van der Waals surface area contributed by atoms with Crippen molar-refractivity contribution in [3.8, 4) is 11.5 Å². The van der Waals surface area contributed by atoms with Crippen molar-refractivity contribution in [2.24, 2.45) is 0 Å². The van der Waals surface area contributed by atoms with E-state index in [1.807, 2.05) is 6.92 Å². The predicted molar refractivity (Wildman–Crippen MR) is 128 cm³/mol. The highest BCUT2D eigenvalue weighted by Crippen LogP contribution is 2.25. The molecule has 4 amide bonds. The van der Waals surface area contributed by atoms with Gasteiger partial charge in [-0.05, 0) is 72.2 Å². The first-order valence-electron chi connectivity index (χ1n) is 11.1. The number of urea groups is 1. The molecule has 0 aliphatic carbocycles. The third-order valence-electron chi connectivity index (χ3n) is 5.16. The van der Waals surface area contributed by atoms with Crippen LogP contribution in [0.1, 0.15) is 24.5 Å². The molecule has 1 N–H and O–H groups in total. The van der Waals surface area contributed by atoms with Crippen LogP contribution in [0.15, 0.2) is 78.4 Å². The summed E-state index contributed by atoms with van der Waals surface area (Å²) in [4.78, 5) is 38.8. The van der Waals surface area contributed by atoms with Crippen LogP contribution < -0.4 is 19.7 Å². The van der Waals surface area contributed by atoms with E-state index in [1.54, 1.807) is 60.7 Å². The van der Waals surface area contributed by atoms with Crippen LogP contribution in [0.2, 0.25) is 0 Å². The van der Waals surface area contributed by atoms with Crippen molar-refractivity contribution < 1.29 is 28.2 Å². The first kappa shape index (κ1) is 23.7. The molecular formula is C27H23FN2O5. The van der Waals surface area contributed by atoms with Crippen LogP contribution >= 0.6 is 0 Å². The molecular weight excluding hydrogens is 451 g/mol. The van der Waals surface area contributed by atoms with Gasteiger partial charge in [-0.15, -0.1) is 0 Å². The van der Waals surface area contributed by atoms with Gasteiger partial charge in [0.15, 0.2) is 0 Å². The van der Waals surface area contributed by atoms with E-state index >= 15 is 0 Å². The van der Waals surface area contributed by atoms with Gasteiger partial charge in [0.05, 0.1) is 12.3 Å². The largest absolute Gasteiger partial charge is 0.494 e. The van der Waals surface area contributed by atoms with E-state index in [0.717, 1.165) is 11.3 Å². The van der Waals surface area contributed by atoms with Gasteiger partial charge in [-0.2, -0.15) is 0 Å². The molecule has 3 aromatic carbocycles. The Hall–Kier alpha value is -4.46. The molecule has 1 aliphatic rings. The zero-order valence-corrected chi connectivity index (χ0v) is 19.0. The first-order valence-corrected chi connectivity index (χ1v) is 11.1. The number of hydrogen-bond acceptors (Lipinski definition) is 5. The lowest BCUT2D eigenvalue weighted by molar-refractivity contribution is -0.122. The van der Waals surface area contributed by atoms with E-state index < -0.39 is 17.8 Å². The summed E-state index contributed by atoms with van der Waals surface area (Å²) in [6.07, 6.45) is 2.26. The van der Waals surface area contributed by atoms with Gasteiger partial charge in [0.1, 0.15) is 29.5 Å². The predicted octanol–water partition coefficient (Wildman–Crippen LogP) is 4.86. The first-order chi connectivity index (χ1) is 16.9. The molecule has 178 valence electrons. The monoisotopic (exact) mass is 474 g/mol. The fraction of sp³-hybridized carbons (Fsp3) is 0.148. The topological polar surface area (TPSA) is 84.9 Å².